The van der Waals surface area contributed by atoms with Crippen LogP contribution in [0.15, 0.2) is 24.3 Å². The molecule has 0 aromatic heterocycles. The summed E-state index contributed by atoms with van der Waals surface area (Å²) in [4.78, 5) is 11.2. The van der Waals surface area contributed by atoms with E-state index in [1.807, 2.05) is 0 Å². The Bertz CT molecular complexity index is 394. The molecule has 1 nitrogen and oxygen atoms in total. The van der Waals surface area contributed by atoms with Crippen molar-refractivity contribution in [3.63, 3.8) is 0 Å². The second-order valence-electron chi connectivity index (χ2n) is 4.63. The van der Waals surface area contributed by atoms with Crippen molar-refractivity contribution in [2.45, 2.75) is 25.7 Å². The van der Waals surface area contributed by atoms with Gasteiger partial charge >= 0.3 is 0 Å². The second-order valence-corrected chi connectivity index (χ2v) is 4.63. The van der Waals surface area contributed by atoms with E-state index in [1.54, 1.807) is 6.92 Å². The number of benzene rings is 1. The van der Waals surface area contributed by atoms with Gasteiger partial charge in [0.15, 0.2) is 0 Å². The molecule has 1 saturated carbocycles. The van der Waals surface area contributed by atoms with Crippen molar-refractivity contribution in [1.82, 2.24) is 0 Å². The molecule has 0 saturated heterocycles. The van der Waals surface area contributed by atoms with Gasteiger partial charge < -0.3 is 0 Å². The summed E-state index contributed by atoms with van der Waals surface area (Å²) in [6.45, 7) is 1.73. The van der Waals surface area contributed by atoms with E-state index < -0.39 is 0 Å². The summed E-state index contributed by atoms with van der Waals surface area (Å²) in [6.07, 6.45) is 2.33. The van der Waals surface area contributed by atoms with Crippen LogP contribution in [0, 0.1) is 11.8 Å². The van der Waals surface area contributed by atoms with E-state index in [2.05, 4.69) is 24.3 Å². The van der Waals surface area contributed by atoms with Crippen LogP contribution in [0.3, 0.4) is 0 Å². The van der Waals surface area contributed by atoms with Gasteiger partial charge in [0.2, 0.25) is 0 Å². The number of carbonyl (C=O) groups excluding carboxylic acids is 1. The molecule has 1 aromatic carbocycles. The molecule has 0 bridgehead atoms. The summed E-state index contributed by atoms with van der Waals surface area (Å²) in [6, 6.07) is 8.64. The molecule has 3 atom stereocenters. The summed E-state index contributed by atoms with van der Waals surface area (Å²) in [5.41, 5.74) is 2.99. The van der Waals surface area contributed by atoms with Crippen LogP contribution in [0.1, 0.15) is 30.4 Å². The molecule has 3 rings (SSSR count). The van der Waals surface area contributed by atoms with E-state index in [-0.39, 0.29) is 0 Å². The Morgan fingerprint density at radius 1 is 1.36 bits per heavy atom. The number of ketones is 1. The lowest BCUT2D eigenvalue weighted by atomic mass is 9.74. The van der Waals surface area contributed by atoms with Crippen molar-refractivity contribution in [3.8, 4) is 0 Å². The first-order chi connectivity index (χ1) is 6.77. The van der Waals surface area contributed by atoms with Gasteiger partial charge in [-0.3, -0.25) is 4.79 Å². The summed E-state index contributed by atoms with van der Waals surface area (Å²) in [5, 5.41) is 0. The number of fused-ring (bicyclic) bond motifs is 1. The highest BCUT2D eigenvalue weighted by Crippen LogP contribution is 2.54. The molecule has 1 fully saturated rings. The van der Waals surface area contributed by atoms with Gasteiger partial charge in [-0.1, -0.05) is 24.3 Å². The number of rotatable bonds is 2. The van der Waals surface area contributed by atoms with E-state index in [0.717, 1.165) is 6.42 Å². The summed E-state index contributed by atoms with van der Waals surface area (Å²) in [7, 11) is 0. The van der Waals surface area contributed by atoms with Gasteiger partial charge in [0.25, 0.3) is 0 Å². The first-order valence-corrected chi connectivity index (χ1v) is 5.35. The molecule has 0 spiro atoms. The zero-order valence-corrected chi connectivity index (χ0v) is 8.36. The van der Waals surface area contributed by atoms with Crippen LogP contribution < -0.4 is 0 Å². The van der Waals surface area contributed by atoms with Crippen LogP contribution >= 0.6 is 0 Å². The highest BCUT2D eigenvalue weighted by Gasteiger charge is 2.49. The number of carbonyl (C=O) groups is 1. The minimum absolute atomic E-state index is 0.383. The van der Waals surface area contributed by atoms with E-state index in [4.69, 9.17) is 0 Å². The lowest BCUT2D eigenvalue weighted by molar-refractivity contribution is -0.118. The Labute approximate surface area is 84.1 Å². The highest BCUT2D eigenvalue weighted by molar-refractivity contribution is 5.81. The monoisotopic (exact) mass is 186 g/mol. The van der Waals surface area contributed by atoms with Crippen molar-refractivity contribution >= 4 is 5.78 Å². The summed E-state index contributed by atoms with van der Waals surface area (Å²) < 4.78 is 0. The smallest absolute Gasteiger partial charge is 0.133 e. The molecule has 0 radical (unpaired) electrons. The zero-order chi connectivity index (χ0) is 9.71. The molecule has 2 aliphatic carbocycles. The average molecular weight is 186 g/mol. The predicted octanol–water partition coefficient (Wildman–Crippen LogP) is 2.55. The first-order valence-electron chi connectivity index (χ1n) is 5.35. The van der Waals surface area contributed by atoms with Crippen LogP contribution in [-0.4, -0.2) is 5.78 Å². The number of hydrogen-bond acceptors (Lipinski definition) is 1. The van der Waals surface area contributed by atoms with E-state index in [0.29, 0.717) is 23.5 Å². The quantitative estimate of drug-likeness (QED) is 0.693. The molecular weight excluding hydrogens is 172 g/mol. The maximum atomic E-state index is 11.2. The molecule has 0 heterocycles. The molecular formula is C13H14O. The van der Waals surface area contributed by atoms with Gasteiger partial charge in [-0.25, -0.2) is 0 Å². The van der Waals surface area contributed by atoms with Crippen LogP contribution in [0.5, 0.6) is 0 Å². The Morgan fingerprint density at radius 2 is 2.14 bits per heavy atom. The fourth-order valence-electron chi connectivity index (χ4n) is 2.81. The third-order valence-corrected chi connectivity index (χ3v) is 3.77. The average Bonchev–Trinajstić information content (AvgIpc) is 2.87. The van der Waals surface area contributed by atoms with Gasteiger partial charge in [0.1, 0.15) is 5.78 Å². The molecule has 14 heavy (non-hydrogen) atoms. The van der Waals surface area contributed by atoms with Gasteiger partial charge in [0.05, 0.1) is 0 Å². The van der Waals surface area contributed by atoms with Crippen molar-refractivity contribution < 1.29 is 4.79 Å². The van der Waals surface area contributed by atoms with Crippen molar-refractivity contribution in [3.05, 3.63) is 35.4 Å². The fourth-order valence-corrected chi connectivity index (χ4v) is 2.81. The molecule has 2 aliphatic rings. The SMILES string of the molecule is CC(=O)C1CC1C1Cc2ccccc21. The zero-order valence-electron chi connectivity index (χ0n) is 8.36. The fraction of sp³-hybridized carbons (Fsp3) is 0.462. The van der Waals surface area contributed by atoms with Crippen LogP contribution in [0.25, 0.3) is 0 Å². The topological polar surface area (TPSA) is 17.1 Å². The molecule has 1 aromatic rings. The van der Waals surface area contributed by atoms with Gasteiger partial charge in [0, 0.05) is 5.92 Å². The number of hydrogen-bond donors (Lipinski definition) is 0. The molecule has 1 heteroatoms. The minimum atomic E-state index is 0.383. The molecule has 0 aliphatic heterocycles. The van der Waals surface area contributed by atoms with Crippen LogP contribution in [0.2, 0.25) is 0 Å². The van der Waals surface area contributed by atoms with E-state index >= 15 is 0 Å². The summed E-state index contributed by atoms with van der Waals surface area (Å²) >= 11 is 0. The summed E-state index contributed by atoms with van der Waals surface area (Å²) in [5.74, 6) is 2.13. The first kappa shape index (κ1) is 8.22. The maximum absolute atomic E-state index is 11.2. The van der Waals surface area contributed by atoms with Crippen molar-refractivity contribution in [1.29, 1.82) is 0 Å². The Kier molecular flexibility index (Phi) is 1.58. The van der Waals surface area contributed by atoms with Crippen molar-refractivity contribution in [2.24, 2.45) is 11.8 Å². The van der Waals surface area contributed by atoms with Crippen LogP contribution in [0.4, 0.5) is 0 Å². The van der Waals surface area contributed by atoms with Crippen molar-refractivity contribution in [2.75, 3.05) is 0 Å². The number of Topliss-reactive ketones (excluding diaryl/α,β-unsaturated/α-hetero) is 1. The minimum Gasteiger partial charge on any atom is -0.300 e. The Hall–Kier alpha value is -1.11. The predicted molar refractivity (Wildman–Crippen MR) is 55.2 cm³/mol. The van der Waals surface area contributed by atoms with E-state index in [9.17, 15) is 4.79 Å². The molecule has 0 N–H and O–H groups in total. The second kappa shape index (κ2) is 2.69. The van der Waals surface area contributed by atoms with Gasteiger partial charge in [-0.05, 0) is 42.7 Å². The highest BCUT2D eigenvalue weighted by atomic mass is 16.1. The largest absolute Gasteiger partial charge is 0.300 e. The van der Waals surface area contributed by atoms with Gasteiger partial charge in [-0.15, -0.1) is 0 Å². The van der Waals surface area contributed by atoms with Gasteiger partial charge in [-0.2, -0.15) is 0 Å². The molecule has 72 valence electrons. The lowest BCUT2D eigenvalue weighted by Gasteiger charge is -2.30. The van der Waals surface area contributed by atoms with E-state index in [1.165, 1.54) is 17.5 Å². The Balaban J connectivity index is 1.78. The molecule has 3 unspecified atom stereocenters. The maximum Gasteiger partial charge on any atom is 0.133 e. The lowest BCUT2D eigenvalue weighted by Crippen LogP contribution is -2.20. The third-order valence-electron chi connectivity index (χ3n) is 3.77. The molecule has 0 amide bonds. The standard InChI is InChI=1S/C13H14O/c1-8(14)11-7-13(11)12-6-9-4-2-3-5-10(9)12/h2-5,11-13H,6-7H2,1H3. The Morgan fingerprint density at radius 3 is 2.79 bits per heavy atom. The normalized spacial score (nSPS) is 33.1. The third kappa shape index (κ3) is 1.05. The van der Waals surface area contributed by atoms with Crippen LogP contribution in [-0.2, 0) is 11.2 Å².